The van der Waals surface area contributed by atoms with Crippen molar-refractivity contribution in [2.75, 3.05) is 13.2 Å². The smallest absolute Gasteiger partial charge is 0.0483 e. The first kappa shape index (κ1) is 19.5. The Bertz CT molecular complexity index is 68.2. The topological polar surface area (TPSA) is 60.7 Å². The number of unbranched alkanes of at least 4 members (excludes halogenated alkanes) is 1. The summed E-state index contributed by atoms with van der Waals surface area (Å²) >= 11 is 0. The van der Waals surface area contributed by atoms with Gasteiger partial charge in [0.15, 0.2) is 0 Å². The zero-order valence-electron chi connectivity index (χ0n) is 10.3. The van der Waals surface area contributed by atoms with Crippen molar-refractivity contribution >= 4 is 0 Å². The monoisotopic (exact) mass is 208 g/mol. The van der Waals surface area contributed by atoms with Crippen molar-refractivity contribution in [1.29, 1.82) is 0 Å². The largest absolute Gasteiger partial charge is 0.396 e. The van der Waals surface area contributed by atoms with Gasteiger partial charge in [0.25, 0.3) is 0 Å². The molecule has 0 rings (SSSR count). The third-order valence-electron chi connectivity index (χ3n) is 0.877. The van der Waals surface area contributed by atoms with Gasteiger partial charge in [-0.25, -0.2) is 0 Å². The van der Waals surface area contributed by atoms with E-state index in [9.17, 15) is 0 Å². The highest BCUT2D eigenvalue weighted by Gasteiger charge is 1.81. The first-order valence-electron chi connectivity index (χ1n) is 5.32. The van der Waals surface area contributed by atoms with Gasteiger partial charge in [-0.15, -0.1) is 0 Å². The van der Waals surface area contributed by atoms with Crippen molar-refractivity contribution < 1.29 is 15.3 Å². The van der Waals surface area contributed by atoms with Crippen LogP contribution in [0.3, 0.4) is 0 Å². The second-order valence-electron chi connectivity index (χ2n) is 3.75. The molecule has 0 radical (unpaired) electrons. The number of aliphatic hydroxyl groups is 3. The van der Waals surface area contributed by atoms with Crippen LogP contribution in [-0.2, 0) is 0 Å². The maximum Gasteiger partial charge on any atom is 0.0483 e. The van der Waals surface area contributed by atoms with E-state index in [1.54, 1.807) is 13.8 Å². The van der Waals surface area contributed by atoms with Crippen LogP contribution in [0.5, 0.6) is 0 Å². The first-order valence-corrected chi connectivity index (χ1v) is 5.32. The molecule has 14 heavy (non-hydrogen) atoms. The van der Waals surface area contributed by atoms with Gasteiger partial charge >= 0.3 is 0 Å². The summed E-state index contributed by atoms with van der Waals surface area (Å²) in [5, 5.41) is 24.3. The molecule has 0 aliphatic heterocycles. The minimum atomic E-state index is -0.167. The zero-order valence-corrected chi connectivity index (χ0v) is 10.3. The predicted molar refractivity (Wildman–Crippen MR) is 61.3 cm³/mol. The van der Waals surface area contributed by atoms with Crippen molar-refractivity contribution in [1.82, 2.24) is 0 Å². The van der Waals surface area contributed by atoms with Crippen molar-refractivity contribution in [3.8, 4) is 0 Å². The fraction of sp³-hybridized carbons (Fsp3) is 1.00. The highest BCUT2D eigenvalue weighted by molar-refractivity contribution is 4.32. The van der Waals surface area contributed by atoms with E-state index in [2.05, 4.69) is 6.92 Å². The molecule has 3 nitrogen and oxygen atoms in total. The normalized spacial score (nSPS) is 9.00. The predicted octanol–water partition coefficient (Wildman–Crippen LogP) is 1.80. The summed E-state index contributed by atoms with van der Waals surface area (Å²) in [6.45, 7) is 10.1. The molecule has 0 heterocycles. The second-order valence-corrected chi connectivity index (χ2v) is 3.75. The molecule has 0 aliphatic carbocycles. The molecule has 0 aromatic heterocycles. The highest BCUT2D eigenvalue weighted by atomic mass is 16.3. The van der Waals surface area contributed by atoms with Crippen LogP contribution in [0.25, 0.3) is 0 Å². The van der Waals surface area contributed by atoms with Gasteiger partial charge in [0.1, 0.15) is 0 Å². The van der Waals surface area contributed by atoms with Crippen molar-refractivity contribution in [3.63, 3.8) is 0 Å². The Morgan fingerprint density at radius 1 is 1.00 bits per heavy atom. The van der Waals surface area contributed by atoms with Gasteiger partial charge in [0.05, 0.1) is 0 Å². The summed E-state index contributed by atoms with van der Waals surface area (Å²) in [6, 6.07) is 0. The van der Waals surface area contributed by atoms with Gasteiger partial charge < -0.3 is 15.3 Å². The summed E-state index contributed by atoms with van der Waals surface area (Å²) in [5.74, 6) is 0.440. The molecule has 0 atom stereocenters. The van der Waals surface area contributed by atoms with E-state index in [0.29, 0.717) is 19.1 Å². The Hall–Kier alpha value is -0.120. The lowest BCUT2D eigenvalue weighted by Crippen LogP contribution is -1.90. The SMILES string of the molecule is CC(C)CO.CC(C)O.CCCCO. The Labute approximate surface area is 88.8 Å². The van der Waals surface area contributed by atoms with Gasteiger partial charge in [0, 0.05) is 19.3 Å². The van der Waals surface area contributed by atoms with Gasteiger partial charge in [-0.2, -0.15) is 0 Å². The van der Waals surface area contributed by atoms with E-state index in [-0.39, 0.29) is 6.10 Å². The lowest BCUT2D eigenvalue weighted by molar-refractivity contribution is 0.216. The number of hydrogen-bond donors (Lipinski definition) is 3. The maximum atomic E-state index is 8.14. The zero-order chi connectivity index (χ0) is 12.0. The minimum absolute atomic E-state index is 0.167. The molecule has 0 bridgehead atoms. The summed E-state index contributed by atoms with van der Waals surface area (Å²) in [5.41, 5.74) is 0. The van der Waals surface area contributed by atoms with Gasteiger partial charge in [-0.1, -0.05) is 27.2 Å². The van der Waals surface area contributed by atoms with Gasteiger partial charge in [-0.05, 0) is 26.2 Å². The Balaban J connectivity index is -0.000000131. The summed E-state index contributed by atoms with van der Waals surface area (Å²) < 4.78 is 0. The Kier molecular flexibility index (Phi) is 25.9. The number of aliphatic hydroxyl groups excluding tert-OH is 3. The van der Waals surface area contributed by atoms with Crippen molar-refractivity contribution in [2.45, 2.75) is 53.6 Å². The van der Waals surface area contributed by atoms with Gasteiger partial charge in [-0.3, -0.25) is 0 Å². The molecule has 0 aromatic carbocycles. The number of hydrogen-bond acceptors (Lipinski definition) is 3. The fourth-order valence-electron chi connectivity index (χ4n) is 0.158. The molecule has 3 heteroatoms. The van der Waals surface area contributed by atoms with Crippen LogP contribution in [0.2, 0.25) is 0 Å². The van der Waals surface area contributed by atoms with Crippen LogP contribution in [0.1, 0.15) is 47.5 Å². The molecule has 0 spiro atoms. The van der Waals surface area contributed by atoms with Crippen molar-refractivity contribution in [3.05, 3.63) is 0 Å². The van der Waals surface area contributed by atoms with E-state index >= 15 is 0 Å². The molecular formula is C11H28O3. The van der Waals surface area contributed by atoms with Crippen LogP contribution >= 0.6 is 0 Å². The van der Waals surface area contributed by atoms with E-state index in [1.807, 2.05) is 13.8 Å². The minimum Gasteiger partial charge on any atom is -0.396 e. The highest BCUT2D eigenvalue weighted by Crippen LogP contribution is 1.83. The van der Waals surface area contributed by atoms with Crippen LogP contribution in [0, 0.1) is 5.92 Å². The van der Waals surface area contributed by atoms with E-state index < -0.39 is 0 Å². The molecule has 0 fully saturated rings. The molecular weight excluding hydrogens is 180 g/mol. The average Bonchev–Trinajstić information content (AvgIpc) is 2.06. The molecule has 3 N–H and O–H groups in total. The summed E-state index contributed by atoms with van der Waals surface area (Å²) in [4.78, 5) is 0. The molecule has 0 saturated heterocycles. The molecule has 0 aliphatic rings. The molecule has 0 aromatic rings. The maximum absolute atomic E-state index is 8.14. The third kappa shape index (κ3) is 93.4. The third-order valence-corrected chi connectivity index (χ3v) is 0.877. The Morgan fingerprint density at radius 3 is 1.29 bits per heavy atom. The molecule has 0 amide bonds. The quantitative estimate of drug-likeness (QED) is 0.663. The standard InChI is InChI=1S/2C4H10O.C3H8O/c1-4(2)3-5;1-2-3-4-5;1-3(2)4/h4-5H,3H2,1-2H3;5H,2-4H2,1H3;3-4H,1-2H3. The van der Waals surface area contributed by atoms with Crippen LogP contribution in [0.4, 0.5) is 0 Å². The molecule has 0 unspecified atom stereocenters. The van der Waals surface area contributed by atoms with Crippen molar-refractivity contribution in [2.24, 2.45) is 5.92 Å². The first-order chi connectivity index (χ1) is 6.42. The van der Waals surface area contributed by atoms with E-state index in [0.717, 1.165) is 12.8 Å². The fourth-order valence-corrected chi connectivity index (χ4v) is 0.158. The van der Waals surface area contributed by atoms with E-state index in [1.165, 1.54) is 0 Å². The number of rotatable bonds is 3. The average molecular weight is 208 g/mol. The molecule has 90 valence electrons. The lowest BCUT2D eigenvalue weighted by atomic mass is 10.2. The van der Waals surface area contributed by atoms with Crippen LogP contribution < -0.4 is 0 Å². The summed E-state index contributed by atoms with van der Waals surface area (Å²) in [6.07, 6.45) is 1.87. The van der Waals surface area contributed by atoms with Gasteiger partial charge in [0.2, 0.25) is 0 Å². The van der Waals surface area contributed by atoms with Crippen LogP contribution in [0.15, 0.2) is 0 Å². The molecule has 0 saturated carbocycles. The Morgan fingerprint density at radius 2 is 1.29 bits per heavy atom. The van der Waals surface area contributed by atoms with Crippen LogP contribution in [-0.4, -0.2) is 34.6 Å². The second kappa shape index (κ2) is 18.6. The summed E-state index contributed by atoms with van der Waals surface area (Å²) in [7, 11) is 0. The lowest BCUT2D eigenvalue weighted by Gasteiger charge is -1.90. The van der Waals surface area contributed by atoms with E-state index in [4.69, 9.17) is 15.3 Å².